The Morgan fingerprint density at radius 2 is 0.943 bits per heavy atom. The molecule has 0 amide bonds. The van der Waals surface area contributed by atoms with Crippen LogP contribution in [0.3, 0.4) is 0 Å². The van der Waals surface area contributed by atoms with Crippen LogP contribution >= 0.6 is 0 Å². The fourth-order valence-electron chi connectivity index (χ4n) is 3.88. The molecule has 3 N–H and O–H groups in total. The summed E-state index contributed by atoms with van der Waals surface area (Å²) < 4.78 is 0. The first-order valence-electron chi connectivity index (χ1n) is 11.7. The summed E-state index contributed by atoms with van der Waals surface area (Å²) in [5, 5.41) is 8.75. The fraction of sp³-hybridized carbons (Fsp3) is 0.0606. The van der Waals surface area contributed by atoms with Gasteiger partial charge in [-0.25, -0.2) is 0 Å². The van der Waals surface area contributed by atoms with Gasteiger partial charge in [-0.15, -0.1) is 0 Å². The maximum absolute atomic E-state index is 8.75. The third kappa shape index (κ3) is 6.13. The maximum Gasteiger partial charge on any atom is 0.0705 e. The predicted molar refractivity (Wildman–Crippen MR) is 150 cm³/mol. The fourth-order valence-corrected chi connectivity index (χ4v) is 3.88. The van der Waals surface area contributed by atoms with E-state index in [0.717, 1.165) is 33.4 Å². The standard InChI is InChI=1S/C25H20N2.C8H10/c26-24-14-8-7-13-23(24)25(27)22-16-20(18-9-3-1-4-10-18)15-21(17-22)19-11-5-2-6-12-19;1-7-3-5-8(2)6-4-7/h1-17,27H,26H2;3-6H,1-2H3. The second kappa shape index (κ2) is 11.1. The van der Waals surface area contributed by atoms with E-state index in [1.165, 1.54) is 11.1 Å². The minimum atomic E-state index is 0.433. The van der Waals surface area contributed by atoms with Crippen molar-refractivity contribution in [3.8, 4) is 22.3 Å². The zero-order valence-corrected chi connectivity index (χ0v) is 20.2. The van der Waals surface area contributed by atoms with Gasteiger partial charge in [-0.3, -0.25) is 5.41 Å². The van der Waals surface area contributed by atoms with Crippen molar-refractivity contribution < 1.29 is 0 Å². The molecule has 0 saturated carbocycles. The number of anilines is 1. The van der Waals surface area contributed by atoms with Crippen molar-refractivity contribution in [2.24, 2.45) is 0 Å². The van der Waals surface area contributed by atoms with Gasteiger partial charge in [0.2, 0.25) is 0 Å². The molecule has 0 fully saturated rings. The molecule has 0 atom stereocenters. The highest BCUT2D eigenvalue weighted by molar-refractivity contribution is 6.14. The van der Waals surface area contributed by atoms with Crippen LogP contribution in [0.1, 0.15) is 22.3 Å². The first-order valence-corrected chi connectivity index (χ1v) is 11.7. The Balaban J connectivity index is 0.000000308. The number of nitrogens with two attached hydrogens (primary N) is 1. The number of nitrogen functional groups attached to an aromatic ring is 1. The minimum Gasteiger partial charge on any atom is -0.398 e. The highest BCUT2D eigenvalue weighted by Gasteiger charge is 2.12. The largest absolute Gasteiger partial charge is 0.398 e. The van der Waals surface area contributed by atoms with Gasteiger partial charge in [0.25, 0.3) is 0 Å². The van der Waals surface area contributed by atoms with E-state index in [9.17, 15) is 0 Å². The van der Waals surface area contributed by atoms with Gasteiger partial charge in [0.05, 0.1) is 5.71 Å². The summed E-state index contributed by atoms with van der Waals surface area (Å²) in [7, 11) is 0. The Hall–Kier alpha value is -4.43. The van der Waals surface area contributed by atoms with E-state index in [0.29, 0.717) is 11.4 Å². The number of rotatable bonds is 4. The molecule has 0 saturated heterocycles. The van der Waals surface area contributed by atoms with E-state index in [2.05, 4.69) is 80.6 Å². The van der Waals surface area contributed by atoms with Crippen LogP contribution in [0.2, 0.25) is 0 Å². The number of aryl methyl sites for hydroxylation is 2. The van der Waals surface area contributed by atoms with E-state index >= 15 is 0 Å². The summed E-state index contributed by atoms with van der Waals surface area (Å²) >= 11 is 0. The molecule has 5 rings (SSSR count). The molecular weight excluding hydrogens is 424 g/mol. The maximum atomic E-state index is 8.75. The first kappa shape index (κ1) is 23.7. The summed E-state index contributed by atoms with van der Waals surface area (Å²) in [6.07, 6.45) is 0. The zero-order chi connectivity index (χ0) is 24.6. The van der Waals surface area contributed by atoms with Gasteiger partial charge < -0.3 is 5.73 Å². The van der Waals surface area contributed by atoms with Gasteiger partial charge >= 0.3 is 0 Å². The van der Waals surface area contributed by atoms with Gasteiger partial charge in [0.1, 0.15) is 0 Å². The molecule has 0 spiro atoms. The molecule has 0 radical (unpaired) electrons. The van der Waals surface area contributed by atoms with Crippen molar-refractivity contribution in [3.63, 3.8) is 0 Å². The van der Waals surface area contributed by atoms with Gasteiger partial charge in [-0.2, -0.15) is 0 Å². The number of benzene rings is 5. The van der Waals surface area contributed by atoms with Crippen molar-refractivity contribution in [1.82, 2.24) is 0 Å². The average Bonchev–Trinajstić information content (AvgIpc) is 2.91. The lowest BCUT2D eigenvalue weighted by atomic mass is 9.92. The molecule has 5 aromatic rings. The molecule has 0 bridgehead atoms. The summed E-state index contributed by atoms with van der Waals surface area (Å²) in [5.74, 6) is 0. The van der Waals surface area contributed by atoms with Crippen LogP contribution in [0.5, 0.6) is 0 Å². The summed E-state index contributed by atoms with van der Waals surface area (Å²) in [4.78, 5) is 0. The van der Waals surface area contributed by atoms with Crippen LogP contribution in [-0.2, 0) is 0 Å². The van der Waals surface area contributed by atoms with Crippen molar-refractivity contribution in [3.05, 3.63) is 150 Å². The van der Waals surface area contributed by atoms with E-state index < -0.39 is 0 Å². The van der Waals surface area contributed by atoms with Crippen LogP contribution < -0.4 is 5.73 Å². The van der Waals surface area contributed by atoms with Gasteiger partial charge in [-0.05, 0) is 60.4 Å². The number of hydrogen-bond acceptors (Lipinski definition) is 2. The van der Waals surface area contributed by atoms with Crippen molar-refractivity contribution in [2.75, 3.05) is 5.73 Å². The number of hydrogen-bond donors (Lipinski definition) is 2. The topological polar surface area (TPSA) is 49.9 Å². The predicted octanol–water partition coefficient (Wildman–Crippen LogP) is 8.32. The molecule has 2 heteroatoms. The Bertz CT molecular complexity index is 1320. The molecule has 0 aliphatic carbocycles. The molecule has 0 aromatic heterocycles. The van der Waals surface area contributed by atoms with Gasteiger partial charge in [-0.1, -0.05) is 114 Å². The first-order chi connectivity index (χ1) is 17.0. The third-order valence-electron chi connectivity index (χ3n) is 5.88. The van der Waals surface area contributed by atoms with E-state index in [1.807, 2.05) is 60.7 Å². The highest BCUT2D eigenvalue weighted by Crippen LogP contribution is 2.30. The molecule has 35 heavy (non-hydrogen) atoms. The molecule has 5 aromatic carbocycles. The van der Waals surface area contributed by atoms with Crippen LogP contribution in [0, 0.1) is 19.3 Å². The Labute approximate surface area is 208 Å². The second-order valence-corrected chi connectivity index (χ2v) is 8.65. The summed E-state index contributed by atoms with van der Waals surface area (Å²) in [6, 6.07) is 42.9. The highest BCUT2D eigenvalue weighted by atomic mass is 14.6. The molecule has 0 aliphatic heterocycles. The monoisotopic (exact) mass is 454 g/mol. The Morgan fingerprint density at radius 3 is 1.40 bits per heavy atom. The third-order valence-corrected chi connectivity index (χ3v) is 5.88. The van der Waals surface area contributed by atoms with Gasteiger partial charge in [0, 0.05) is 16.8 Å². The van der Waals surface area contributed by atoms with Crippen molar-refractivity contribution >= 4 is 11.4 Å². The normalized spacial score (nSPS) is 10.2. The van der Waals surface area contributed by atoms with Crippen LogP contribution in [0.4, 0.5) is 5.69 Å². The zero-order valence-electron chi connectivity index (χ0n) is 20.2. The molecule has 0 aliphatic rings. The Morgan fingerprint density at radius 1 is 0.514 bits per heavy atom. The minimum absolute atomic E-state index is 0.433. The lowest BCUT2D eigenvalue weighted by Gasteiger charge is -2.13. The molecule has 172 valence electrons. The lowest BCUT2D eigenvalue weighted by molar-refractivity contribution is 1.40. The smallest absolute Gasteiger partial charge is 0.0705 e. The van der Waals surface area contributed by atoms with Crippen molar-refractivity contribution in [2.45, 2.75) is 13.8 Å². The second-order valence-electron chi connectivity index (χ2n) is 8.65. The Kier molecular flexibility index (Phi) is 7.54. The molecule has 0 unspecified atom stereocenters. The number of nitrogens with one attached hydrogen (secondary N) is 1. The quantitative estimate of drug-likeness (QED) is 0.208. The van der Waals surface area contributed by atoms with Crippen LogP contribution in [-0.4, -0.2) is 5.71 Å². The lowest BCUT2D eigenvalue weighted by Crippen LogP contribution is -2.05. The van der Waals surface area contributed by atoms with Crippen molar-refractivity contribution in [1.29, 1.82) is 5.41 Å². The molecule has 0 heterocycles. The summed E-state index contributed by atoms with van der Waals surface area (Å²) in [5.41, 5.74) is 15.9. The van der Waals surface area contributed by atoms with E-state index in [1.54, 1.807) is 0 Å². The van der Waals surface area contributed by atoms with E-state index in [-0.39, 0.29) is 0 Å². The van der Waals surface area contributed by atoms with Gasteiger partial charge in [0.15, 0.2) is 0 Å². The summed E-state index contributed by atoms with van der Waals surface area (Å²) in [6.45, 7) is 4.19. The number of para-hydroxylation sites is 1. The molecular formula is C33H30N2. The SMILES string of the molecule is Cc1ccc(C)cc1.N=C(c1cc(-c2ccccc2)cc(-c2ccccc2)c1)c1ccccc1N. The van der Waals surface area contributed by atoms with Crippen LogP contribution in [0.15, 0.2) is 127 Å². The van der Waals surface area contributed by atoms with E-state index in [4.69, 9.17) is 11.1 Å². The average molecular weight is 455 g/mol. The van der Waals surface area contributed by atoms with Crippen LogP contribution in [0.25, 0.3) is 22.3 Å². The molecule has 2 nitrogen and oxygen atoms in total.